The topological polar surface area (TPSA) is 135 Å². The van der Waals surface area contributed by atoms with Crippen LogP contribution in [-0.4, -0.2) is 44.6 Å². The summed E-state index contributed by atoms with van der Waals surface area (Å²) in [5.41, 5.74) is 4.26. The van der Waals surface area contributed by atoms with Gasteiger partial charge in [0.05, 0.1) is 24.5 Å². The molecular formula is C34H31N3O6. The summed E-state index contributed by atoms with van der Waals surface area (Å²) in [6.07, 6.45) is 3.67. The number of nitrogens with zero attached hydrogens (tertiary/aromatic N) is 2. The summed E-state index contributed by atoms with van der Waals surface area (Å²) < 4.78 is 11.7. The maximum Gasteiger partial charge on any atom is 0.326 e. The molecule has 0 saturated heterocycles. The Morgan fingerprint density at radius 1 is 0.953 bits per heavy atom. The van der Waals surface area contributed by atoms with Crippen molar-refractivity contribution in [3.63, 3.8) is 0 Å². The number of carbonyl (C=O) groups excluding carboxylic acids is 1. The van der Waals surface area contributed by atoms with E-state index in [0.29, 0.717) is 41.5 Å². The van der Waals surface area contributed by atoms with Crippen molar-refractivity contribution in [2.75, 3.05) is 11.9 Å². The first-order valence-electron chi connectivity index (χ1n) is 13.8. The molecule has 0 saturated carbocycles. The number of aliphatic carboxylic acids is 1. The van der Waals surface area contributed by atoms with Gasteiger partial charge >= 0.3 is 5.97 Å². The van der Waals surface area contributed by atoms with Gasteiger partial charge in [-0.1, -0.05) is 54.6 Å². The molecule has 2 aromatic heterocycles. The van der Waals surface area contributed by atoms with Crippen molar-refractivity contribution in [1.29, 1.82) is 0 Å². The maximum absolute atomic E-state index is 13.2. The van der Waals surface area contributed by atoms with E-state index in [0.717, 1.165) is 22.6 Å². The number of aromatic nitrogens is 2. The van der Waals surface area contributed by atoms with Gasteiger partial charge in [0.25, 0.3) is 0 Å². The van der Waals surface area contributed by atoms with Crippen LogP contribution in [0.2, 0.25) is 0 Å². The van der Waals surface area contributed by atoms with Gasteiger partial charge < -0.3 is 24.7 Å². The van der Waals surface area contributed by atoms with Crippen LogP contribution in [0.25, 0.3) is 11.5 Å². The summed E-state index contributed by atoms with van der Waals surface area (Å²) in [5.74, 6) is 0.633. The van der Waals surface area contributed by atoms with Crippen molar-refractivity contribution < 1.29 is 29.0 Å². The lowest BCUT2D eigenvalue weighted by Crippen LogP contribution is -2.32. The van der Waals surface area contributed by atoms with Gasteiger partial charge in [0.2, 0.25) is 5.89 Å². The second-order valence-corrected chi connectivity index (χ2v) is 9.98. The van der Waals surface area contributed by atoms with Crippen molar-refractivity contribution in [2.24, 2.45) is 0 Å². The molecule has 0 aliphatic carbocycles. The van der Waals surface area contributed by atoms with E-state index in [1.54, 1.807) is 42.5 Å². The van der Waals surface area contributed by atoms with Gasteiger partial charge in [-0.3, -0.25) is 9.78 Å². The van der Waals surface area contributed by atoms with Crippen molar-refractivity contribution >= 4 is 17.4 Å². The van der Waals surface area contributed by atoms with Crippen LogP contribution < -0.4 is 10.1 Å². The van der Waals surface area contributed by atoms with Gasteiger partial charge in [0.1, 0.15) is 17.6 Å². The lowest BCUT2D eigenvalue weighted by Gasteiger charge is -2.18. The van der Waals surface area contributed by atoms with E-state index in [4.69, 9.17) is 9.15 Å². The number of carboxylic acids is 1. The Balaban J connectivity index is 1.19. The molecule has 2 heterocycles. The summed E-state index contributed by atoms with van der Waals surface area (Å²) in [7, 11) is 0. The highest BCUT2D eigenvalue weighted by Gasteiger charge is 2.22. The van der Waals surface area contributed by atoms with Crippen LogP contribution in [0.4, 0.5) is 5.69 Å². The molecule has 0 amide bonds. The predicted molar refractivity (Wildman–Crippen MR) is 161 cm³/mol. The molecule has 0 fully saturated rings. The average Bonchev–Trinajstić information content (AvgIpc) is 3.42. The molecule has 3 N–H and O–H groups in total. The number of oxazole rings is 1. The van der Waals surface area contributed by atoms with Gasteiger partial charge in [0.15, 0.2) is 5.78 Å². The minimum Gasteiger partial charge on any atom is -0.493 e. The molecule has 43 heavy (non-hydrogen) atoms. The average molecular weight is 578 g/mol. The first kappa shape index (κ1) is 29.2. The van der Waals surface area contributed by atoms with Crippen molar-refractivity contribution in [3.8, 4) is 17.2 Å². The van der Waals surface area contributed by atoms with E-state index in [9.17, 15) is 19.8 Å². The smallest absolute Gasteiger partial charge is 0.326 e. The number of ether oxygens (including phenoxy) is 1. The molecule has 3 aromatic carbocycles. The standard InChI is InChI=1S/C34H31N3O6/c1-22-29(37-33(43-22)26-5-3-2-4-6-26)16-18-42-27-13-9-23(10-14-27)19-31(34(40)41)36-30-15-17-35-20-28(30)32(39)25-11-7-24(21-38)8-12-25/h2-15,17,20,31,38H,16,18-19,21H2,1H3,(H,35,36)(H,40,41). The van der Waals surface area contributed by atoms with Crippen LogP contribution >= 0.6 is 0 Å². The van der Waals surface area contributed by atoms with Crippen LogP contribution in [0.3, 0.4) is 0 Å². The molecule has 1 unspecified atom stereocenters. The largest absolute Gasteiger partial charge is 0.493 e. The summed E-state index contributed by atoms with van der Waals surface area (Å²) in [5, 5.41) is 22.2. The van der Waals surface area contributed by atoms with E-state index in [1.807, 2.05) is 49.4 Å². The second kappa shape index (κ2) is 13.6. The summed E-state index contributed by atoms with van der Waals surface area (Å²) in [4.78, 5) is 34.0. The summed E-state index contributed by atoms with van der Waals surface area (Å²) in [6, 6.07) is 24.1. The monoisotopic (exact) mass is 577 g/mol. The Morgan fingerprint density at radius 3 is 2.37 bits per heavy atom. The third-order valence-corrected chi connectivity index (χ3v) is 6.98. The molecule has 1 atom stereocenters. The molecule has 9 heteroatoms. The Bertz CT molecular complexity index is 1680. The number of pyridine rings is 1. The first-order chi connectivity index (χ1) is 20.9. The van der Waals surface area contributed by atoms with Crippen LogP contribution in [0.15, 0.2) is 102 Å². The third-order valence-electron chi connectivity index (χ3n) is 6.98. The predicted octanol–water partition coefficient (Wildman–Crippen LogP) is 5.50. The molecular weight excluding hydrogens is 546 g/mol. The second-order valence-electron chi connectivity index (χ2n) is 9.98. The number of hydrogen-bond donors (Lipinski definition) is 3. The van der Waals surface area contributed by atoms with Gasteiger partial charge in [-0.15, -0.1) is 0 Å². The van der Waals surface area contributed by atoms with Crippen LogP contribution in [-0.2, 0) is 24.2 Å². The lowest BCUT2D eigenvalue weighted by atomic mass is 10.0. The summed E-state index contributed by atoms with van der Waals surface area (Å²) >= 11 is 0. The lowest BCUT2D eigenvalue weighted by molar-refractivity contribution is -0.137. The molecule has 0 radical (unpaired) electrons. The number of ketones is 1. The number of hydrogen-bond acceptors (Lipinski definition) is 8. The highest BCUT2D eigenvalue weighted by atomic mass is 16.5. The Hall–Kier alpha value is -5.28. The number of carbonyl (C=O) groups is 2. The molecule has 0 bridgehead atoms. The Morgan fingerprint density at radius 2 is 1.67 bits per heavy atom. The molecule has 0 aliphatic rings. The van der Waals surface area contributed by atoms with Gasteiger partial charge in [0, 0.05) is 42.0 Å². The zero-order chi connectivity index (χ0) is 30.2. The number of nitrogens with one attached hydrogen (secondary N) is 1. The van der Waals surface area contributed by atoms with Crippen molar-refractivity contribution in [3.05, 3.63) is 131 Å². The minimum atomic E-state index is -1.05. The fourth-order valence-corrected chi connectivity index (χ4v) is 4.59. The highest BCUT2D eigenvalue weighted by Crippen LogP contribution is 2.23. The number of carboxylic acid groups (broad SMARTS) is 1. The summed E-state index contributed by atoms with van der Waals surface area (Å²) in [6.45, 7) is 2.17. The van der Waals surface area contributed by atoms with Crippen molar-refractivity contribution in [1.82, 2.24) is 9.97 Å². The van der Waals surface area contributed by atoms with E-state index >= 15 is 0 Å². The number of benzene rings is 3. The molecule has 0 spiro atoms. The maximum atomic E-state index is 13.2. The fourth-order valence-electron chi connectivity index (χ4n) is 4.59. The number of aryl methyl sites for hydroxylation is 1. The Kier molecular flexibility index (Phi) is 9.23. The molecule has 5 aromatic rings. The number of rotatable bonds is 13. The molecule has 218 valence electrons. The minimum absolute atomic E-state index is 0.125. The van der Waals surface area contributed by atoms with Crippen LogP contribution in [0.5, 0.6) is 5.75 Å². The number of aliphatic hydroxyl groups excluding tert-OH is 1. The van der Waals surface area contributed by atoms with Crippen LogP contribution in [0.1, 0.15) is 38.5 Å². The molecule has 0 aliphatic heterocycles. The zero-order valence-corrected chi connectivity index (χ0v) is 23.6. The van der Waals surface area contributed by atoms with Gasteiger partial charge in [-0.05, 0) is 48.4 Å². The van der Waals surface area contributed by atoms with Crippen LogP contribution in [0, 0.1) is 6.92 Å². The number of aliphatic hydroxyl groups is 1. The SMILES string of the molecule is Cc1oc(-c2ccccc2)nc1CCOc1ccc(CC(Nc2ccncc2C(=O)c2ccc(CO)cc2)C(=O)O)cc1. The molecule has 9 nitrogen and oxygen atoms in total. The fraction of sp³-hybridized carbons (Fsp3) is 0.176. The zero-order valence-electron chi connectivity index (χ0n) is 23.6. The normalized spacial score (nSPS) is 11.6. The van der Waals surface area contributed by atoms with E-state index in [1.165, 1.54) is 12.4 Å². The van der Waals surface area contributed by atoms with E-state index in [-0.39, 0.29) is 24.4 Å². The van der Waals surface area contributed by atoms with Crippen molar-refractivity contribution in [2.45, 2.75) is 32.4 Å². The van der Waals surface area contributed by atoms with Gasteiger partial charge in [-0.2, -0.15) is 0 Å². The first-order valence-corrected chi connectivity index (χ1v) is 13.8. The third kappa shape index (κ3) is 7.33. The van der Waals surface area contributed by atoms with Gasteiger partial charge in [-0.25, -0.2) is 9.78 Å². The quantitative estimate of drug-likeness (QED) is 0.155. The number of anilines is 1. The van der Waals surface area contributed by atoms with E-state index < -0.39 is 12.0 Å². The molecule has 5 rings (SSSR count). The Labute approximate surface area is 248 Å². The van der Waals surface area contributed by atoms with E-state index in [2.05, 4.69) is 15.3 Å². The highest BCUT2D eigenvalue weighted by molar-refractivity contribution is 6.12.